The van der Waals surface area contributed by atoms with Gasteiger partial charge in [-0.15, -0.1) is 0 Å². The van der Waals surface area contributed by atoms with Crippen LogP contribution in [0, 0.1) is 0 Å². The third-order valence-corrected chi connectivity index (χ3v) is 4.66. The van der Waals surface area contributed by atoms with Gasteiger partial charge in [0, 0.05) is 5.92 Å². The molecule has 0 heterocycles. The minimum atomic E-state index is 0.266. The third-order valence-electron chi connectivity index (χ3n) is 4.66. The minimum absolute atomic E-state index is 0.266. The van der Waals surface area contributed by atoms with Crippen LogP contribution in [0.2, 0.25) is 0 Å². The average molecular weight is 327 g/mol. The summed E-state index contributed by atoms with van der Waals surface area (Å²) in [6, 6.07) is 12.8. The van der Waals surface area contributed by atoms with E-state index in [9.17, 15) is 0 Å². The van der Waals surface area contributed by atoms with E-state index in [-0.39, 0.29) is 5.92 Å². The van der Waals surface area contributed by atoms with Crippen molar-refractivity contribution in [1.82, 2.24) is 0 Å². The number of ether oxygens (including phenoxy) is 2. The Hall–Kier alpha value is -2.00. The Morgan fingerprint density at radius 1 is 0.875 bits per heavy atom. The van der Waals surface area contributed by atoms with E-state index in [0.717, 1.165) is 30.8 Å². The summed E-state index contributed by atoms with van der Waals surface area (Å²) in [6.45, 7) is 4.92. The Kier molecular flexibility index (Phi) is 6.68. The van der Waals surface area contributed by atoms with Crippen molar-refractivity contribution < 1.29 is 9.47 Å². The molecule has 0 aliphatic carbocycles. The summed E-state index contributed by atoms with van der Waals surface area (Å²) >= 11 is 0. The number of benzene rings is 2. The van der Waals surface area contributed by atoms with Crippen molar-refractivity contribution in [2.75, 3.05) is 20.8 Å². The molecule has 1 atom stereocenters. The number of nitrogens with two attached hydrogens (primary N) is 1. The van der Waals surface area contributed by atoms with Crippen LogP contribution in [-0.2, 0) is 19.3 Å². The second kappa shape index (κ2) is 8.74. The van der Waals surface area contributed by atoms with Gasteiger partial charge in [0.05, 0.1) is 14.2 Å². The van der Waals surface area contributed by atoms with Crippen molar-refractivity contribution in [3.63, 3.8) is 0 Å². The number of hydrogen-bond acceptors (Lipinski definition) is 3. The van der Waals surface area contributed by atoms with Crippen LogP contribution in [0.15, 0.2) is 36.4 Å². The van der Waals surface area contributed by atoms with E-state index < -0.39 is 0 Å². The highest BCUT2D eigenvalue weighted by Crippen LogP contribution is 2.30. The average Bonchev–Trinajstić information content (AvgIpc) is 2.65. The topological polar surface area (TPSA) is 44.5 Å². The standard InChI is InChI=1S/C21H29NO2/c1-5-15-7-9-21(24-4)18(11-15)13-19(14-22)17-8-10-20(23-3)16(6-2)12-17/h7-12,19H,5-6,13-14,22H2,1-4H3. The van der Waals surface area contributed by atoms with E-state index in [1.807, 2.05) is 0 Å². The van der Waals surface area contributed by atoms with Crippen LogP contribution in [0.4, 0.5) is 0 Å². The summed E-state index contributed by atoms with van der Waals surface area (Å²) in [4.78, 5) is 0. The Morgan fingerprint density at radius 2 is 1.54 bits per heavy atom. The van der Waals surface area contributed by atoms with E-state index in [4.69, 9.17) is 15.2 Å². The Balaban J connectivity index is 2.33. The first-order valence-electron chi connectivity index (χ1n) is 8.69. The molecule has 130 valence electrons. The fourth-order valence-corrected chi connectivity index (χ4v) is 3.14. The zero-order valence-electron chi connectivity index (χ0n) is 15.3. The van der Waals surface area contributed by atoms with Gasteiger partial charge in [0.2, 0.25) is 0 Å². The van der Waals surface area contributed by atoms with Gasteiger partial charge in [0.1, 0.15) is 11.5 Å². The fraction of sp³-hybridized carbons (Fsp3) is 0.429. The normalized spacial score (nSPS) is 12.0. The molecule has 2 N–H and O–H groups in total. The molecule has 0 saturated carbocycles. The quantitative estimate of drug-likeness (QED) is 0.793. The summed E-state index contributed by atoms with van der Waals surface area (Å²) < 4.78 is 11.0. The summed E-state index contributed by atoms with van der Waals surface area (Å²) in [5, 5.41) is 0. The summed E-state index contributed by atoms with van der Waals surface area (Å²) in [7, 11) is 3.44. The van der Waals surface area contributed by atoms with E-state index in [1.54, 1.807) is 14.2 Å². The molecule has 0 fully saturated rings. The number of methoxy groups -OCH3 is 2. The highest BCUT2D eigenvalue weighted by molar-refractivity contribution is 5.42. The zero-order chi connectivity index (χ0) is 17.5. The Bertz CT molecular complexity index is 667. The van der Waals surface area contributed by atoms with Gasteiger partial charge < -0.3 is 15.2 Å². The highest BCUT2D eigenvalue weighted by atomic mass is 16.5. The number of aryl methyl sites for hydroxylation is 2. The van der Waals surface area contributed by atoms with E-state index >= 15 is 0 Å². The zero-order valence-corrected chi connectivity index (χ0v) is 15.3. The monoisotopic (exact) mass is 327 g/mol. The molecule has 24 heavy (non-hydrogen) atoms. The van der Waals surface area contributed by atoms with Gasteiger partial charge in [-0.05, 0) is 60.2 Å². The molecule has 2 aromatic carbocycles. The molecule has 1 unspecified atom stereocenters. The molecule has 3 heteroatoms. The van der Waals surface area contributed by atoms with Crippen molar-refractivity contribution >= 4 is 0 Å². The molecule has 3 nitrogen and oxygen atoms in total. The van der Waals surface area contributed by atoms with Crippen LogP contribution < -0.4 is 15.2 Å². The lowest BCUT2D eigenvalue weighted by atomic mass is 9.89. The first-order valence-corrected chi connectivity index (χ1v) is 8.69. The largest absolute Gasteiger partial charge is 0.496 e. The van der Waals surface area contributed by atoms with Crippen LogP contribution in [0.25, 0.3) is 0 Å². The Morgan fingerprint density at radius 3 is 2.12 bits per heavy atom. The smallest absolute Gasteiger partial charge is 0.122 e. The van der Waals surface area contributed by atoms with Crippen LogP contribution in [0.1, 0.15) is 42.0 Å². The Labute approximate surface area is 145 Å². The molecule has 0 aliphatic heterocycles. The summed E-state index contributed by atoms with van der Waals surface area (Å²) in [6.07, 6.45) is 2.85. The first-order chi connectivity index (χ1) is 11.7. The second-order valence-corrected chi connectivity index (χ2v) is 6.06. The van der Waals surface area contributed by atoms with Gasteiger partial charge in [-0.25, -0.2) is 0 Å². The maximum Gasteiger partial charge on any atom is 0.122 e. The molecule has 0 aliphatic rings. The van der Waals surface area contributed by atoms with Gasteiger partial charge in [-0.2, -0.15) is 0 Å². The van der Waals surface area contributed by atoms with Gasteiger partial charge in [0.15, 0.2) is 0 Å². The summed E-state index contributed by atoms with van der Waals surface area (Å²) in [5.41, 5.74) is 11.1. The lowest BCUT2D eigenvalue weighted by Crippen LogP contribution is -2.16. The molecule has 2 rings (SSSR count). The van der Waals surface area contributed by atoms with Gasteiger partial charge in [-0.3, -0.25) is 0 Å². The molecular formula is C21H29NO2. The third kappa shape index (κ3) is 4.09. The molecule has 0 bridgehead atoms. The maximum atomic E-state index is 6.10. The highest BCUT2D eigenvalue weighted by Gasteiger charge is 2.16. The summed E-state index contributed by atoms with van der Waals surface area (Å²) in [5.74, 6) is 2.15. The molecule has 0 radical (unpaired) electrons. The SMILES string of the molecule is CCc1ccc(OC)c(CC(CN)c2ccc(OC)c(CC)c2)c1. The van der Waals surface area contributed by atoms with Crippen LogP contribution in [0.5, 0.6) is 11.5 Å². The van der Waals surface area contributed by atoms with Crippen molar-refractivity contribution in [2.24, 2.45) is 5.73 Å². The van der Waals surface area contributed by atoms with Crippen molar-refractivity contribution in [3.05, 3.63) is 58.7 Å². The maximum absolute atomic E-state index is 6.10. The second-order valence-electron chi connectivity index (χ2n) is 6.06. The minimum Gasteiger partial charge on any atom is -0.496 e. The van der Waals surface area contributed by atoms with Crippen molar-refractivity contribution in [3.8, 4) is 11.5 Å². The fourth-order valence-electron chi connectivity index (χ4n) is 3.14. The number of hydrogen-bond donors (Lipinski definition) is 1. The van der Waals surface area contributed by atoms with Crippen LogP contribution >= 0.6 is 0 Å². The van der Waals surface area contributed by atoms with E-state index in [1.165, 1.54) is 22.3 Å². The lowest BCUT2D eigenvalue weighted by molar-refractivity contribution is 0.407. The molecule has 2 aromatic rings. The van der Waals surface area contributed by atoms with Gasteiger partial charge in [0.25, 0.3) is 0 Å². The van der Waals surface area contributed by atoms with E-state index in [2.05, 4.69) is 50.2 Å². The van der Waals surface area contributed by atoms with E-state index in [0.29, 0.717) is 6.54 Å². The predicted octanol–water partition coefficient (Wildman–Crippen LogP) is 4.11. The molecule has 0 aromatic heterocycles. The van der Waals surface area contributed by atoms with Gasteiger partial charge in [-0.1, -0.05) is 38.1 Å². The molecule has 0 amide bonds. The molecular weight excluding hydrogens is 298 g/mol. The van der Waals surface area contributed by atoms with Crippen LogP contribution in [-0.4, -0.2) is 20.8 Å². The van der Waals surface area contributed by atoms with Crippen LogP contribution in [0.3, 0.4) is 0 Å². The molecule has 0 spiro atoms. The van der Waals surface area contributed by atoms with Gasteiger partial charge >= 0.3 is 0 Å². The lowest BCUT2D eigenvalue weighted by Gasteiger charge is -2.19. The van der Waals surface area contributed by atoms with Crippen molar-refractivity contribution in [1.29, 1.82) is 0 Å². The predicted molar refractivity (Wildman–Crippen MR) is 100 cm³/mol. The first kappa shape index (κ1) is 18.3. The number of rotatable bonds is 8. The molecule has 0 saturated heterocycles. The van der Waals surface area contributed by atoms with Crippen molar-refractivity contribution in [2.45, 2.75) is 39.0 Å².